The smallest absolute Gasteiger partial charge is 0.399 e. The molecule has 2 nitrogen and oxygen atoms in total. The first-order chi connectivity index (χ1) is 8.41. The normalized spacial score (nSPS) is 24.3. The van der Waals surface area contributed by atoms with Gasteiger partial charge in [0.25, 0.3) is 0 Å². The van der Waals surface area contributed by atoms with Crippen LogP contribution in [0.1, 0.15) is 45.2 Å². The van der Waals surface area contributed by atoms with Crippen LogP contribution in [0.3, 0.4) is 0 Å². The third-order valence-electron chi connectivity index (χ3n) is 4.69. The van der Waals surface area contributed by atoms with Crippen molar-refractivity contribution in [3.05, 3.63) is 29.3 Å². The molecule has 1 aromatic carbocycles. The molecule has 1 aromatic rings. The topological polar surface area (TPSA) is 18.5 Å². The van der Waals surface area contributed by atoms with E-state index in [-0.39, 0.29) is 18.3 Å². The van der Waals surface area contributed by atoms with Gasteiger partial charge in [0.05, 0.1) is 11.2 Å². The van der Waals surface area contributed by atoms with Gasteiger partial charge >= 0.3 is 7.12 Å². The van der Waals surface area contributed by atoms with Gasteiger partial charge in [0.15, 0.2) is 0 Å². The molecular formula is C15H21BO2. The molecule has 0 atom stereocenters. The summed E-state index contributed by atoms with van der Waals surface area (Å²) in [5.41, 5.74) is 3.67. The van der Waals surface area contributed by atoms with Crippen molar-refractivity contribution < 1.29 is 9.31 Å². The van der Waals surface area contributed by atoms with Crippen LogP contribution >= 0.6 is 0 Å². The van der Waals surface area contributed by atoms with E-state index in [1.165, 1.54) is 29.4 Å². The first kappa shape index (κ1) is 12.2. The van der Waals surface area contributed by atoms with Crippen molar-refractivity contribution in [2.75, 3.05) is 0 Å². The Morgan fingerprint density at radius 2 is 1.67 bits per heavy atom. The maximum atomic E-state index is 6.15. The van der Waals surface area contributed by atoms with Crippen LogP contribution in [-0.4, -0.2) is 18.3 Å². The number of benzene rings is 1. The van der Waals surface area contributed by atoms with E-state index in [1.54, 1.807) is 0 Å². The van der Waals surface area contributed by atoms with Crippen LogP contribution in [0.5, 0.6) is 0 Å². The zero-order chi connectivity index (χ0) is 13.0. The zero-order valence-electron chi connectivity index (χ0n) is 11.7. The summed E-state index contributed by atoms with van der Waals surface area (Å²) in [5, 5.41) is 0. The predicted molar refractivity (Wildman–Crippen MR) is 74.2 cm³/mol. The molecule has 0 bridgehead atoms. The molecule has 0 radical (unpaired) electrons. The molecule has 0 amide bonds. The standard InChI is InChI=1S/C15H21BO2/c1-14(2)15(3,4)18-16(17-14)13-10-6-8-11-7-5-9-12(11)13/h6,8,10H,5,7,9H2,1-4H3. The maximum Gasteiger partial charge on any atom is 0.495 e. The summed E-state index contributed by atoms with van der Waals surface area (Å²) in [6.45, 7) is 8.43. The van der Waals surface area contributed by atoms with Crippen LogP contribution < -0.4 is 5.46 Å². The summed E-state index contributed by atoms with van der Waals surface area (Å²) >= 11 is 0. The molecule has 2 aliphatic rings. The average Bonchev–Trinajstić information content (AvgIpc) is 2.81. The van der Waals surface area contributed by atoms with E-state index >= 15 is 0 Å². The van der Waals surface area contributed by atoms with Gasteiger partial charge in [-0.05, 0) is 63.5 Å². The average molecular weight is 244 g/mol. The summed E-state index contributed by atoms with van der Waals surface area (Å²) in [6.07, 6.45) is 3.62. The van der Waals surface area contributed by atoms with Crippen LogP contribution in [0, 0.1) is 0 Å². The first-order valence-electron chi connectivity index (χ1n) is 6.87. The van der Waals surface area contributed by atoms with Crippen molar-refractivity contribution in [3.8, 4) is 0 Å². The summed E-state index contributed by atoms with van der Waals surface area (Å²) in [7, 11) is -0.206. The van der Waals surface area contributed by atoms with E-state index in [1.807, 2.05) is 0 Å². The Kier molecular flexibility index (Phi) is 2.62. The van der Waals surface area contributed by atoms with E-state index in [0.717, 1.165) is 6.42 Å². The van der Waals surface area contributed by atoms with Crippen molar-refractivity contribution in [1.82, 2.24) is 0 Å². The molecule has 0 unspecified atom stereocenters. The molecular weight excluding hydrogens is 223 g/mol. The van der Waals surface area contributed by atoms with Gasteiger partial charge in [0.1, 0.15) is 0 Å². The van der Waals surface area contributed by atoms with Gasteiger partial charge in [0.2, 0.25) is 0 Å². The summed E-state index contributed by atoms with van der Waals surface area (Å²) < 4.78 is 12.3. The van der Waals surface area contributed by atoms with Gasteiger partial charge in [0, 0.05) is 0 Å². The number of fused-ring (bicyclic) bond motifs is 1. The molecule has 96 valence electrons. The Morgan fingerprint density at radius 1 is 1.00 bits per heavy atom. The largest absolute Gasteiger partial charge is 0.495 e. The number of hydrogen-bond acceptors (Lipinski definition) is 2. The Morgan fingerprint density at radius 3 is 2.33 bits per heavy atom. The highest BCUT2D eigenvalue weighted by Crippen LogP contribution is 2.37. The van der Waals surface area contributed by atoms with Crippen molar-refractivity contribution in [2.24, 2.45) is 0 Å². The van der Waals surface area contributed by atoms with Crippen LogP contribution in [0.2, 0.25) is 0 Å². The predicted octanol–water partition coefficient (Wildman–Crippen LogP) is 2.47. The SMILES string of the molecule is CC1(C)OB(c2cccc3c2CCC3)OC1(C)C. The Hall–Kier alpha value is -0.795. The summed E-state index contributed by atoms with van der Waals surface area (Å²) in [4.78, 5) is 0. The molecule has 1 fully saturated rings. The zero-order valence-corrected chi connectivity index (χ0v) is 11.7. The molecule has 3 rings (SSSR count). The third kappa shape index (κ3) is 1.72. The van der Waals surface area contributed by atoms with Crippen LogP contribution in [0.25, 0.3) is 0 Å². The molecule has 3 heteroatoms. The summed E-state index contributed by atoms with van der Waals surface area (Å²) in [5.74, 6) is 0. The van der Waals surface area contributed by atoms with Gasteiger partial charge in [-0.15, -0.1) is 0 Å². The molecule has 0 N–H and O–H groups in total. The molecule has 1 saturated heterocycles. The second-order valence-corrected chi connectivity index (χ2v) is 6.43. The molecule has 18 heavy (non-hydrogen) atoms. The van der Waals surface area contributed by atoms with Crippen molar-refractivity contribution in [1.29, 1.82) is 0 Å². The Bertz CT molecular complexity index is 463. The lowest BCUT2D eigenvalue weighted by atomic mass is 9.75. The monoisotopic (exact) mass is 244 g/mol. The van der Waals surface area contributed by atoms with Crippen molar-refractivity contribution >= 4 is 12.6 Å². The highest BCUT2D eigenvalue weighted by molar-refractivity contribution is 6.62. The van der Waals surface area contributed by atoms with E-state index in [4.69, 9.17) is 9.31 Å². The second-order valence-electron chi connectivity index (χ2n) is 6.43. The van der Waals surface area contributed by atoms with Gasteiger partial charge in [-0.1, -0.05) is 18.2 Å². The highest BCUT2D eigenvalue weighted by Gasteiger charge is 2.52. The molecule has 0 saturated carbocycles. The summed E-state index contributed by atoms with van der Waals surface area (Å²) in [6, 6.07) is 6.52. The van der Waals surface area contributed by atoms with E-state index < -0.39 is 0 Å². The lowest BCUT2D eigenvalue weighted by molar-refractivity contribution is 0.00578. The fourth-order valence-electron chi connectivity index (χ4n) is 2.84. The van der Waals surface area contributed by atoms with Crippen LogP contribution in [-0.2, 0) is 22.2 Å². The first-order valence-corrected chi connectivity index (χ1v) is 6.87. The molecule has 0 aromatic heterocycles. The van der Waals surface area contributed by atoms with E-state index in [9.17, 15) is 0 Å². The van der Waals surface area contributed by atoms with Gasteiger partial charge < -0.3 is 9.31 Å². The molecule has 0 spiro atoms. The minimum absolute atomic E-state index is 0.206. The van der Waals surface area contributed by atoms with Crippen molar-refractivity contribution in [3.63, 3.8) is 0 Å². The lowest BCUT2D eigenvalue weighted by Crippen LogP contribution is -2.41. The Balaban J connectivity index is 1.97. The van der Waals surface area contributed by atoms with E-state index in [2.05, 4.69) is 45.9 Å². The molecule has 1 aliphatic carbocycles. The number of hydrogen-bond donors (Lipinski definition) is 0. The fraction of sp³-hybridized carbons (Fsp3) is 0.600. The molecule has 1 heterocycles. The minimum atomic E-state index is -0.251. The van der Waals surface area contributed by atoms with E-state index in [0.29, 0.717) is 0 Å². The number of aryl methyl sites for hydroxylation is 1. The second kappa shape index (κ2) is 3.85. The number of rotatable bonds is 1. The third-order valence-corrected chi connectivity index (χ3v) is 4.69. The van der Waals surface area contributed by atoms with Crippen LogP contribution in [0.4, 0.5) is 0 Å². The Labute approximate surface area is 110 Å². The highest BCUT2D eigenvalue weighted by atomic mass is 16.7. The van der Waals surface area contributed by atoms with Crippen molar-refractivity contribution in [2.45, 2.75) is 58.2 Å². The minimum Gasteiger partial charge on any atom is -0.399 e. The maximum absolute atomic E-state index is 6.15. The van der Waals surface area contributed by atoms with Crippen LogP contribution in [0.15, 0.2) is 18.2 Å². The quantitative estimate of drug-likeness (QED) is 0.706. The lowest BCUT2D eigenvalue weighted by Gasteiger charge is -2.32. The van der Waals surface area contributed by atoms with Gasteiger partial charge in [-0.2, -0.15) is 0 Å². The van der Waals surface area contributed by atoms with Gasteiger partial charge in [-0.25, -0.2) is 0 Å². The fourth-order valence-corrected chi connectivity index (χ4v) is 2.84. The van der Waals surface area contributed by atoms with Gasteiger partial charge in [-0.3, -0.25) is 0 Å². The molecule has 1 aliphatic heterocycles.